The van der Waals surface area contributed by atoms with Crippen LogP contribution in [-0.2, 0) is 17.6 Å². The Morgan fingerprint density at radius 3 is 2.88 bits per heavy atom. The molecule has 26 heavy (non-hydrogen) atoms. The molecule has 1 aromatic heterocycles. The largest absolute Gasteiger partial charge is 0.441 e. The fourth-order valence-corrected chi connectivity index (χ4v) is 3.51. The van der Waals surface area contributed by atoms with Gasteiger partial charge in [0.15, 0.2) is 0 Å². The molecule has 132 valence electrons. The highest BCUT2D eigenvalue weighted by Crippen LogP contribution is 2.32. The van der Waals surface area contributed by atoms with Crippen LogP contribution in [0.4, 0.5) is 10.1 Å². The zero-order valence-electron chi connectivity index (χ0n) is 14.7. The Kier molecular flexibility index (Phi) is 4.07. The van der Waals surface area contributed by atoms with Crippen molar-refractivity contribution in [3.05, 3.63) is 71.4 Å². The number of halogens is 1. The first-order valence-electron chi connectivity index (χ1n) is 8.65. The molecular weight excluding hydrogens is 331 g/mol. The molecule has 1 atom stereocenters. The monoisotopic (exact) mass is 350 g/mol. The SMILES string of the molecule is Cc1oc(-c2cccc(F)c2)nc1CC(=O)N1c2ccccc2CC1C. The summed E-state index contributed by atoms with van der Waals surface area (Å²) in [5.74, 6) is 0.556. The molecule has 0 saturated carbocycles. The lowest BCUT2D eigenvalue weighted by molar-refractivity contribution is -0.118. The van der Waals surface area contributed by atoms with Crippen LogP contribution in [0, 0.1) is 12.7 Å². The van der Waals surface area contributed by atoms with E-state index < -0.39 is 0 Å². The topological polar surface area (TPSA) is 46.3 Å². The van der Waals surface area contributed by atoms with Gasteiger partial charge in [-0.3, -0.25) is 4.79 Å². The van der Waals surface area contributed by atoms with Gasteiger partial charge in [-0.1, -0.05) is 24.3 Å². The van der Waals surface area contributed by atoms with Gasteiger partial charge in [0.2, 0.25) is 11.8 Å². The molecule has 5 heteroatoms. The van der Waals surface area contributed by atoms with Crippen molar-refractivity contribution in [3.63, 3.8) is 0 Å². The fraction of sp³-hybridized carbons (Fsp3) is 0.238. The molecule has 0 saturated heterocycles. The first kappa shape index (κ1) is 16.5. The maximum absolute atomic E-state index is 13.4. The standard InChI is InChI=1S/C21H19FN2O2/c1-13-10-15-6-3-4-9-19(15)24(13)20(25)12-18-14(2)26-21(23-18)16-7-5-8-17(22)11-16/h3-9,11,13H,10,12H2,1-2H3. The van der Waals surface area contributed by atoms with Crippen LogP contribution in [-0.4, -0.2) is 16.9 Å². The fourth-order valence-electron chi connectivity index (χ4n) is 3.51. The highest BCUT2D eigenvalue weighted by molar-refractivity contribution is 5.97. The lowest BCUT2D eigenvalue weighted by Crippen LogP contribution is -2.37. The van der Waals surface area contributed by atoms with Crippen molar-refractivity contribution >= 4 is 11.6 Å². The van der Waals surface area contributed by atoms with Crippen LogP contribution in [0.3, 0.4) is 0 Å². The number of fused-ring (bicyclic) bond motifs is 1. The second-order valence-electron chi connectivity index (χ2n) is 6.65. The van der Waals surface area contributed by atoms with Crippen LogP contribution in [0.25, 0.3) is 11.5 Å². The number of oxazole rings is 1. The summed E-state index contributed by atoms with van der Waals surface area (Å²) >= 11 is 0. The van der Waals surface area contributed by atoms with Crippen LogP contribution in [0.5, 0.6) is 0 Å². The third kappa shape index (κ3) is 2.90. The van der Waals surface area contributed by atoms with Gasteiger partial charge in [-0.25, -0.2) is 9.37 Å². The molecule has 4 rings (SSSR count). The van der Waals surface area contributed by atoms with Gasteiger partial charge in [-0.05, 0) is 50.1 Å². The third-order valence-corrected chi connectivity index (χ3v) is 4.76. The molecule has 1 aliphatic heterocycles. The number of aromatic nitrogens is 1. The summed E-state index contributed by atoms with van der Waals surface area (Å²) in [6.07, 6.45) is 1.01. The highest BCUT2D eigenvalue weighted by atomic mass is 19.1. The van der Waals surface area contributed by atoms with Crippen LogP contribution in [0.2, 0.25) is 0 Å². The molecule has 4 nitrogen and oxygen atoms in total. The maximum atomic E-state index is 13.4. The van der Waals surface area contributed by atoms with Crippen molar-refractivity contribution in [3.8, 4) is 11.5 Å². The number of anilines is 1. The van der Waals surface area contributed by atoms with Crippen molar-refractivity contribution < 1.29 is 13.6 Å². The van der Waals surface area contributed by atoms with E-state index in [4.69, 9.17) is 4.42 Å². The van der Waals surface area contributed by atoms with E-state index in [-0.39, 0.29) is 24.2 Å². The predicted octanol–water partition coefficient (Wildman–Crippen LogP) is 4.31. The first-order chi connectivity index (χ1) is 12.5. The number of benzene rings is 2. The number of para-hydroxylation sites is 1. The zero-order chi connectivity index (χ0) is 18.3. The summed E-state index contributed by atoms with van der Waals surface area (Å²) in [5, 5.41) is 0. The average molecular weight is 350 g/mol. The van der Waals surface area contributed by atoms with Crippen molar-refractivity contribution in [2.75, 3.05) is 4.90 Å². The lowest BCUT2D eigenvalue weighted by Gasteiger charge is -2.22. The first-order valence-corrected chi connectivity index (χ1v) is 8.65. The highest BCUT2D eigenvalue weighted by Gasteiger charge is 2.31. The smallest absolute Gasteiger partial charge is 0.233 e. The third-order valence-electron chi connectivity index (χ3n) is 4.76. The average Bonchev–Trinajstić information content (AvgIpc) is 3.14. The summed E-state index contributed by atoms with van der Waals surface area (Å²) in [5.41, 5.74) is 3.31. The molecule has 2 aromatic carbocycles. The molecule has 3 aromatic rings. The summed E-state index contributed by atoms with van der Waals surface area (Å²) < 4.78 is 19.1. The summed E-state index contributed by atoms with van der Waals surface area (Å²) in [6.45, 7) is 3.82. The van der Waals surface area contributed by atoms with Gasteiger partial charge in [-0.15, -0.1) is 0 Å². The molecule has 1 aliphatic rings. The second kappa shape index (κ2) is 6.41. The van der Waals surface area contributed by atoms with Crippen molar-refractivity contribution in [1.82, 2.24) is 4.98 Å². The molecule has 0 N–H and O–H groups in total. The molecule has 1 unspecified atom stereocenters. The van der Waals surface area contributed by atoms with Gasteiger partial charge in [0.25, 0.3) is 0 Å². The molecule has 0 spiro atoms. The predicted molar refractivity (Wildman–Crippen MR) is 97.4 cm³/mol. The molecule has 0 fully saturated rings. The van der Waals surface area contributed by atoms with Crippen molar-refractivity contribution in [1.29, 1.82) is 0 Å². The molecule has 2 heterocycles. The van der Waals surface area contributed by atoms with Crippen LogP contribution in [0.15, 0.2) is 52.9 Å². The van der Waals surface area contributed by atoms with Crippen LogP contribution < -0.4 is 4.90 Å². The van der Waals surface area contributed by atoms with E-state index >= 15 is 0 Å². The van der Waals surface area contributed by atoms with Gasteiger partial charge in [0, 0.05) is 17.3 Å². The summed E-state index contributed by atoms with van der Waals surface area (Å²) in [7, 11) is 0. The molecule has 0 bridgehead atoms. The minimum atomic E-state index is -0.349. The lowest BCUT2D eigenvalue weighted by atomic mass is 10.1. The Labute approximate surface area is 151 Å². The minimum Gasteiger partial charge on any atom is -0.441 e. The Morgan fingerprint density at radius 1 is 1.27 bits per heavy atom. The van der Waals surface area contributed by atoms with Gasteiger partial charge in [0.05, 0.1) is 12.1 Å². The number of aryl methyl sites for hydroxylation is 1. The number of hydrogen-bond donors (Lipinski definition) is 0. The zero-order valence-corrected chi connectivity index (χ0v) is 14.7. The number of carbonyl (C=O) groups is 1. The van der Waals surface area contributed by atoms with Gasteiger partial charge in [-0.2, -0.15) is 0 Å². The number of hydrogen-bond acceptors (Lipinski definition) is 3. The van der Waals surface area contributed by atoms with Crippen LogP contribution >= 0.6 is 0 Å². The quantitative estimate of drug-likeness (QED) is 0.707. The summed E-state index contributed by atoms with van der Waals surface area (Å²) in [4.78, 5) is 19.2. The second-order valence-corrected chi connectivity index (χ2v) is 6.65. The van der Waals surface area contributed by atoms with E-state index in [2.05, 4.69) is 11.1 Å². The van der Waals surface area contributed by atoms with Crippen molar-refractivity contribution in [2.45, 2.75) is 32.7 Å². The molecule has 1 amide bonds. The van der Waals surface area contributed by atoms with E-state index in [0.717, 1.165) is 12.1 Å². The van der Waals surface area contributed by atoms with E-state index in [1.54, 1.807) is 19.1 Å². The number of amides is 1. The van der Waals surface area contributed by atoms with Crippen molar-refractivity contribution in [2.24, 2.45) is 0 Å². The minimum absolute atomic E-state index is 0.00959. The van der Waals surface area contributed by atoms with Gasteiger partial charge < -0.3 is 9.32 Å². The van der Waals surface area contributed by atoms with E-state index in [0.29, 0.717) is 22.9 Å². The molecular formula is C21H19FN2O2. The normalized spacial score (nSPS) is 16.0. The Hall–Kier alpha value is -2.95. The molecule has 0 radical (unpaired) electrons. The Bertz CT molecular complexity index is 980. The maximum Gasteiger partial charge on any atom is 0.233 e. The number of rotatable bonds is 3. The van der Waals surface area contributed by atoms with E-state index in [1.807, 2.05) is 30.0 Å². The number of nitrogens with zero attached hydrogens (tertiary/aromatic N) is 2. The number of carbonyl (C=O) groups excluding carboxylic acids is 1. The van der Waals surface area contributed by atoms with Gasteiger partial charge in [0.1, 0.15) is 11.6 Å². The van der Waals surface area contributed by atoms with E-state index in [9.17, 15) is 9.18 Å². The molecule has 0 aliphatic carbocycles. The van der Waals surface area contributed by atoms with Crippen LogP contribution in [0.1, 0.15) is 23.9 Å². The summed E-state index contributed by atoms with van der Waals surface area (Å²) in [6, 6.07) is 14.2. The van der Waals surface area contributed by atoms with Gasteiger partial charge >= 0.3 is 0 Å². The Morgan fingerprint density at radius 2 is 2.08 bits per heavy atom. The Balaban J connectivity index is 1.59. The van der Waals surface area contributed by atoms with E-state index in [1.165, 1.54) is 17.7 Å².